The second-order valence-electron chi connectivity index (χ2n) is 3.64. The van der Waals surface area contributed by atoms with Crippen molar-refractivity contribution in [1.82, 2.24) is 0 Å². The number of nitrogen functional groups attached to an aromatic ring is 1. The third-order valence-electron chi connectivity index (χ3n) is 2.36. The molecule has 1 aliphatic heterocycles. The number of ether oxygens (including phenoxy) is 2. The van der Waals surface area contributed by atoms with Gasteiger partial charge in [-0.3, -0.25) is 0 Å². The highest BCUT2D eigenvalue weighted by atomic mass is 16.7. The Morgan fingerprint density at radius 2 is 2.13 bits per heavy atom. The number of nitrogens with two attached hydrogens (primary N) is 1. The molecule has 3 N–H and O–H groups in total. The Morgan fingerprint density at radius 1 is 1.40 bits per heavy atom. The Balaban J connectivity index is 1.94. The van der Waals surface area contributed by atoms with Crippen molar-refractivity contribution in [2.24, 2.45) is 0 Å². The molecule has 0 aromatic heterocycles. The zero-order valence-electron chi connectivity index (χ0n) is 8.82. The van der Waals surface area contributed by atoms with Crippen molar-refractivity contribution >= 4 is 11.4 Å². The van der Waals surface area contributed by atoms with Crippen molar-refractivity contribution in [3.05, 3.63) is 23.8 Å². The summed E-state index contributed by atoms with van der Waals surface area (Å²) in [7, 11) is 0. The molecular weight excluding hydrogens is 192 g/mol. The molecule has 1 saturated heterocycles. The molecule has 1 aromatic rings. The molecule has 1 heterocycles. The fourth-order valence-electron chi connectivity index (χ4n) is 1.54. The molecule has 0 saturated carbocycles. The standard InChI is InChI=1S/C11H16N2O2/c1-8-2-3-9(12)10(6-8)13-7-11-14-4-5-15-11/h2-3,6,11,13H,4-5,7,12H2,1H3. The molecule has 1 aliphatic rings. The highest BCUT2D eigenvalue weighted by Gasteiger charge is 2.15. The minimum atomic E-state index is -0.148. The van der Waals surface area contributed by atoms with Gasteiger partial charge in [0.25, 0.3) is 0 Å². The predicted molar refractivity (Wildman–Crippen MR) is 59.8 cm³/mol. The zero-order valence-corrected chi connectivity index (χ0v) is 8.82. The van der Waals surface area contributed by atoms with Gasteiger partial charge in [0.2, 0.25) is 0 Å². The number of hydrogen-bond acceptors (Lipinski definition) is 4. The Labute approximate surface area is 89.4 Å². The van der Waals surface area contributed by atoms with Crippen molar-refractivity contribution in [3.63, 3.8) is 0 Å². The van der Waals surface area contributed by atoms with Crippen molar-refractivity contribution in [2.45, 2.75) is 13.2 Å². The molecule has 0 amide bonds. The van der Waals surface area contributed by atoms with Crippen LogP contribution in [0, 0.1) is 6.92 Å². The van der Waals surface area contributed by atoms with Crippen LogP contribution >= 0.6 is 0 Å². The first kappa shape index (κ1) is 10.3. The normalized spacial score (nSPS) is 16.9. The molecule has 0 atom stereocenters. The topological polar surface area (TPSA) is 56.5 Å². The van der Waals surface area contributed by atoms with Crippen molar-refractivity contribution < 1.29 is 9.47 Å². The first-order chi connectivity index (χ1) is 7.25. The largest absolute Gasteiger partial charge is 0.397 e. The van der Waals surface area contributed by atoms with Crippen LogP contribution in [0.1, 0.15) is 5.56 Å². The summed E-state index contributed by atoms with van der Waals surface area (Å²) in [5.74, 6) is 0. The number of aryl methyl sites for hydroxylation is 1. The summed E-state index contributed by atoms with van der Waals surface area (Å²) in [6.45, 7) is 4.02. The monoisotopic (exact) mass is 208 g/mol. The lowest BCUT2D eigenvalue weighted by Crippen LogP contribution is -2.20. The summed E-state index contributed by atoms with van der Waals surface area (Å²) >= 11 is 0. The van der Waals surface area contributed by atoms with Gasteiger partial charge in [0.1, 0.15) is 0 Å². The fourth-order valence-corrected chi connectivity index (χ4v) is 1.54. The van der Waals surface area contributed by atoms with Gasteiger partial charge in [0, 0.05) is 0 Å². The molecule has 0 radical (unpaired) electrons. The van der Waals surface area contributed by atoms with E-state index in [4.69, 9.17) is 15.2 Å². The van der Waals surface area contributed by atoms with Gasteiger partial charge in [0.05, 0.1) is 31.1 Å². The molecule has 1 fully saturated rings. The van der Waals surface area contributed by atoms with Crippen LogP contribution in [0.5, 0.6) is 0 Å². The van der Waals surface area contributed by atoms with Gasteiger partial charge < -0.3 is 20.5 Å². The minimum absolute atomic E-state index is 0.148. The molecule has 4 nitrogen and oxygen atoms in total. The van der Waals surface area contributed by atoms with Gasteiger partial charge in [-0.25, -0.2) is 0 Å². The van der Waals surface area contributed by atoms with E-state index in [1.165, 1.54) is 5.56 Å². The number of rotatable bonds is 3. The quantitative estimate of drug-likeness (QED) is 0.736. The van der Waals surface area contributed by atoms with Crippen LogP contribution in [0.4, 0.5) is 11.4 Å². The molecular formula is C11H16N2O2. The number of anilines is 2. The summed E-state index contributed by atoms with van der Waals surface area (Å²) in [5.41, 5.74) is 8.70. The Kier molecular flexibility index (Phi) is 3.08. The van der Waals surface area contributed by atoms with Crippen molar-refractivity contribution in [1.29, 1.82) is 0 Å². The zero-order chi connectivity index (χ0) is 10.7. The van der Waals surface area contributed by atoms with Crippen LogP contribution in [-0.4, -0.2) is 26.0 Å². The van der Waals surface area contributed by atoms with Crippen LogP contribution in [-0.2, 0) is 9.47 Å². The van der Waals surface area contributed by atoms with E-state index in [0.29, 0.717) is 19.8 Å². The summed E-state index contributed by atoms with van der Waals surface area (Å²) in [6, 6.07) is 5.90. The van der Waals surface area contributed by atoms with E-state index in [1.54, 1.807) is 0 Å². The van der Waals surface area contributed by atoms with Crippen molar-refractivity contribution in [3.8, 4) is 0 Å². The molecule has 1 aromatic carbocycles. The summed E-state index contributed by atoms with van der Waals surface area (Å²) in [6.07, 6.45) is -0.148. The minimum Gasteiger partial charge on any atom is -0.397 e. The Morgan fingerprint density at radius 3 is 2.87 bits per heavy atom. The van der Waals surface area contributed by atoms with Crippen LogP contribution in [0.2, 0.25) is 0 Å². The van der Waals surface area contributed by atoms with E-state index < -0.39 is 0 Å². The lowest BCUT2D eigenvalue weighted by molar-refractivity contribution is -0.0299. The van der Waals surface area contributed by atoms with E-state index in [2.05, 4.69) is 5.32 Å². The van der Waals surface area contributed by atoms with Crippen LogP contribution in [0.15, 0.2) is 18.2 Å². The van der Waals surface area contributed by atoms with Crippen molar-refractivity contribution in [2.75, 3.05) is 30.8 Å². The lowest BCUT2D eigenvalue weighted by atomic mass is 10.2. The maximum atomic E-state index is 5.83. The molecule has 0 bridgehead atoms. The van der Waals surface area contributed by atoms with Gasteiger partial charge in [-0.1, -0.05) is 6.07 Å². The molecule has 0 spiro atoms. The van der Waals surface area contributed by atoms with Gasteiger partial charge in [-0.15, -0.1) is 0 Å². The summed E-state index contributed by atoms with van der Waals surface area (Å²) < 4.78 is 10.6. The Hall–Kier alpha value is -1.26. The number of hydrogen-bond donors (Lipinski definition) is 2. The lowest BCUT2D eigenvalue weighted by Gasteiger charge is -2.13. The van der Waals surface area contributed by atoms with E-state index in [9.17, 15) is 0 Å². The molecule has 82 valence electrons. The SMILES string of the molecule is Cc1ccc(N)c(NCC2OCCO2)c1. The Bertz CT molecular complexity index is 335. The number of nitrogens with one attached hydrogen (secondary N) is 1. The highest BCUT2D eigenvalue weighted by Crippen LogP contribution is 2.19. The average Bonchev–Trinajstić information content (AvgIpc) is 2.72. The van der Waals surface area contributed by atoms with Gasteiger partial charge in [-0.05, 0) is 24.6 Å². The first-order valence-electron chi connectivity index (χ1n) is 5.09. The van der Waals surface area contributed by atoms with Crippen LogP contribution in [0.25, 0.3) is 0 Å². The summed E-state index contributed by atoms with van der Waals surface area (Å²) in [5, 5.41) is 3.22. The highest BCUT2D eigenvalue weighted by molar-refractivity contribution is 5.66. The number of benzene rings is 1. The fraction of sp³-hybridized carbons (Fsp3) is 0.455. The van der Waals surface area contributed by atoms with Gasteiger partial charge in [-0.2, -0.15) is 0 Å². The van der Waals surface area contributed by atoms with Gasteiger partial charge >= 0.3 is 0 Å². The first-order valence-corrected chi connectivity index (χ1v) is 5.09. The van der Waals surface area contributed by atoms with Gasteiger partial charge in [0.15, 0.2) is 6.29 Å². The molecule has 15 heavy (non-hydrogen) atoms. The van der Waals surface area contributed by atoms with Crippen LogP contribution in [0.3, 0.4) is 0 Å². The molecule has 0 unspecified atom stereocenters. The maximum absolute atomic E-state index is 5.83. The second-order valence-corrected chi connectivity index (χ2v) is 3.64. The van der Waals surface area contributed by atoms with Crippen LogP contribution < -0.4 is 11.1 Å². The molecule has 4 heteroatoms. The maximum Gasteiger partial charge on any atom is 0.174 e. The second kappa shape index (κ2) is 4.51. The van der Waals surface area contributed by atoms with E-state index in [1.807, 2.05) is 25.1 Å². The smallest absolute Gasteiger partial charge is 0.174 e. The summed E-state index contributed by atoms with van der Waals surface area (Å²) in [4.78, 5) is 0. The third-order valence-corrected chi connectivity index (χ3v) is 2.36. The predicted octanol–water partition coefficient (Wildman–Crippen LogP) is 1.36. The van der Waals surface area contributed by atoms with E-state index >= 15 is 0 Å². The molecule has 2 rings (SSSR count). The molecule has 0 aliphatic carbocycles. The average molecular weight is 208 g/mol. The van der Waals surface area contributed by atoms with E-state index in [0.717, 1.165) is 11.4 Å². The third kappa shape index (κ3) is 2.61. The van der Waals surface area contributed by atoms with E-state index in [-0.39, 0.29) is 6.29 Å².